The van der Waals surface area contributed by atoms with E-state index in [1.807, 2.05) is 31.2 Å². The fourth-order valence-electron chi connectivity index (χ4n) is 1.36. The summed E-state index contributed by atoms with van der Waals surface area (Å²) in [5, 5.41) is 15.4. The van der Waals surface area contributed by atoms with Crippen LogP contribution in [0.25, 0.3) is 5.69 Å². The Balaban J connectivity index is 2.29. The van der Waals surface area contributed by atoms with Crippen molar-refractivity contribution >= 4 is 11.6 Å². The SMILES string of the molecule is CCNCc1nnnn1-c1cccc(Cl)c1. The molecule has 0 saturated carbocycles. The maximum atomic E-state index is 5.92. The van der Waals surface area contributed by atoms with Gasteiger partial charge in [-0.3, -0.25) is 0 Å². The van der Waals surface area contributed by atoms with E-state index in [2.05, 4.69) is 20.8 Å². The van der Waals surface area contributed by atoms with Gasteiger partial charge in [0.2, 0.25) is 0 Å². The van der Waals surface area contributed by atoms with Crippen molar-refractivity contribution < 1.29 is 0 Å². The Labute approximate surface area is 98.4 Å². The zero-order valence-corrected chi connectivity index (χ0v) is 9.65. The number of hydrogen-bond acceptors (Lipinski definition) is 4. The van der Waals surface area contributed by atoms with Crippen LogP contribution < -0.4 is 5.32 Å². The van der Waals surface area contributed by atoms with Crippen LogP contribution in [0.3, 0.4) is 0 Å². The van der Waals surface area contributed by atoms with E-state index < -0.39 is 0 Å². The average Bonchev–Trinajstić information content (AvgIpc) is 2.74. The fourth-order valence-corrected chi connectivity index (χ4v) is 1.55. The van der Waals surface area contributed by atoms with Crippen molar-refractivity contribution in [3.8, 4) is 5.69 Å². The molecule has 0 atom stereocenters. The molecule has 1 N–H and O–H groups in total. The van der Waals surface area contributed by atoms with Crippen molar-refractivity contribution in [2.45, 2.75) is 13.5 Å². The highest BCUT2D eigenvalue weighted by atomic mass is 35.5. The third-order valence-electron chi connectivity index (χ3n) is 2.12. The van der Waals surface area contributed by atoms with Crippen LogP contribution in [-0.2, 0) is 6.54 Å². The Hall–Kier alpha value is -1.46. The van der Waals surface area contributed by atoms with Crippen molar-refractivity contribution in [2.24, 2.45) is 0 Å². The Bertz CT molecular complexity index is 468. The summed E-state index contributed by atoms with van der Waals surface area (Å²) in [7, 11) is 0. The molecule has 16 heavy (non-hydrogen) atoms. The monoisotopic (exact) mass is 237 g/mol. The number of halogens is 1. The van der Waals surface area contributed by atoms with Gasteiger partial charge in [0, 0.05) is 5.02 Å². The minimum atomic E-state index is 0.635. The van der Waals surface area contributed by atoms with Gasteiger partial charge in [0.1, 0.15) is 0 Å². The van der Waals surface area contributed by atoms with Crippen LogP contribution in [0.15, 0.2) is 24.3 Å². The number of nitrogens with one attached hydrogen (secondary N) is 1. The highest BCUT2D eigenvalue weighted by Crippen LogP contribution is 2.14. The maximum Gasteiger partial charge on any atom is 0.170 e. The molecule has 0 radical (unpaired) electrons. The quantitative estimate of drug-likeness (QED) is 0.874. The summed E-state index contributed by atoms with van der Waals surface area (Å²) in [6, 6.07) is 7.43. The van der Waals surface area contributed by atoms with Gasteiger partial charge in [0.25, 0.3) is 0 Å². The molecule has 2 rings (SSSR count). The normalized spacial score (nSPS) is 10.6. The van der Waals surface area contributed by atoms with Crippen LogP contribution in [0.1, 0.15) is 12.7 Å². The predicted octanol–water partition coefficient (Wildman–Crippen LogP) is 1.43. The molecule has 0 bridgehead atoms. The van der Waals surface area contributed by atoms with Crippen molar-refractivity contribution in [2.75, 3.05) is 6.54 Å². The zero-order valence-electron chi connectivity index (χ0n) is 8.89. The van der Waals surface area contributed by atoms with Crippen molar-refractivity contribution in [3.63, 3.8) is 0 Å². The Morgan fingerprint density at radius 2 is 2.31 bits per heavy atom. The van der Waals surface area contributed by atoms with E-state index >= 15 is 0 Å². The minimum absolute atomic E-state index is 0.635. The lowest BCUT2D eigenvalue weighted by atomic mass is 10.3. The second kappa shape index (κ2) is 5.05. The summed E-state index contributed by atoms with van der Waals surface area (Å²) in [5.74, 6) is 0.768. The van der Waals surface area contributed by atoms with Gasteiger partial charge in [-0.25, -0.2) is 0 Å². The molecule has 0 aliphatic heterocycles. The Morgan fingerprint density at radius 1 is 1.44 bits per heavy atom. The lowest BCUT2D eigenvalue weighted by molar-refractivity contribution is 0.664. The Kier molecular flexibility index (Phi) is 3.48. The molecule has 0 amide bonds. The highest BCUT2D eigenvalue weighted by Gasteiger charge is 2.07. The molecule has 5 nitrogen and oxygen atoms in total. The number of hydrogen-bond donors (Lipinski definition) is 1. The highest BCUT2D eigenvalue weighted by molar-refractivity contribution is 6.30. The Morgan fingerprint density at radius 3 is 3.06 bits per heavy atom. The summed E-state index contributed by atoms with van der Waals surface area (Å²) >= 11 is 5.92. The summed E-state index contributed by atoms with van der Waals surface area (Å²) in [6.45, 7) is 3.55. The number of rotatable bonds is 4. The summed E-state index contributed by atoms with van der Waals surface area (Å²) in [6.07, 6.45) is 0. The van der Waals surface area contributed by atoms with E-state index in [1.165, 1.54) is 0 Å². The van der Waals surface area contributed by atoms with E-state index in [-0.39, 0.29) is 0 Å². The predicted molar refractivity (Wildman–Crippen MR) is 61.5 cm³/mol. The maximum absolute atomic E-state index is 5.92. The van der Waals surface area contributed by atoms with Crippen LogP contribution in [0, 0.1) is 0 Å². The molecule has 1 heterocycles. The van der Waals surface area contributed by atoms with Gasteiger partial charge >= 0.3 is 0 Å². The summed E-state index contributed by atoms with van der Waals surface area (Å²) < 4.78 is 1.68. The third-order valence-corrected chi connectivity index (χ3v) is 2.36. The molecule has 0 fully saturated rings. The lowest BCUT2D eigenvalue weighted by Gasteiger charge is -2.04. The molecule has 1 aromatic carbocycles. The van der Waals surface area contributed by atoms with E-state index in [4.69, 9.17) is 11.6 Å². The lowest BCUT2D eigenvalue weighted by Crippen LogP contribution is -2.16. The molecule has 6 heteroatoms. The van der Waals surface area contributed by atoms with Gasteiger partial charge in [0.15, 0.2) is 5.82 Å². The second-order valence-electron chi connectivity index (χ2n) is 3.27. The van der Waals surface area contributed by atoms with E-state index in [0.29, 0.717) is 11.6 Å². The molecule has 2 aromatic rings. The van der Waals surface area contributed by atoms with Crippen LogP contribution in [-0.4, -0.2) is 26.8 Å². The topological polar surface area (TPSA) is 55.6 Å². The molecule has 0 aliphatic carbocycles. The van der Waals surface area contributed by atoms with Gasteiger partial charge in [-0.1, -0.05) is 24.6 Å². The number of benzene rings is 1. The van der Waals surface area contributed by atoms with Crippen LogP contribution >= 0.6 is 11.6 Å². The van der Waals surface area contributed by atoms with Crippen LogP contribution in [0.2, 0.25) is 5.02 Å². The molecule has 0 aliphatic rings. The average molecular weight is 238 g/mol. The largest absolute Gasteiger partial charge is 0.310 e. The first-order chi connectivity index (χ1) is 7.81. The van der Waals surface area contributed by atoms with Gasteiger partial charge < -0.3 is 5.32 Å². The first-order valence-corrected chi connectivity index (χ1v) is 5.43. The van der Waals surface area contributed by atoms with Gasteiger partial charge in [0.05, 0.1) is 12.2 Å². The number of tetrazole rings is 1. The van der Waals surface area contributed by atoms with Crippen molar-refractivity contribution in [1.29, 1.82) is 0 Å². The molecule has 0 unspecified atom stereocenters. The smallest absolute Gasteiger partial charge is 0.170 e. The van der Waals surface area contributed by atoms with Gasteiger partial charge in [-0.2, -0.15) is 4.68 Å². The number of nitrogens with zero attached hydrogens (tertiary/aromatic N) is 4. The molecule has 0 spiro atoms. The van der Waals surface area contributed by atoms with Crippen molar-refractivity contribution in [1.82, 2.24) is 25.5 Å². The van der Waals surface area contributed by atoms with E-state index in [1.54, 1.807) is 4.68 Å². The summed E-state index contributed by atoms with van der Waals surface area (Å²) in [4.78, 5) is 0. The van der Waals surface area contributed by atoms with Gasteiger partial charge in [-0.15, -0.1) is 5.10 Å². The third kappa shape index (κ3) is 2.37. The molecular weight excluding hydrogens is 226 g/mol. The summed E-state index contributed by atoms with van der Waals surface area (Å²) in [5.41, 5.74) is 0.866. The standard InChI is InChI=1S/C10H12ClN5/c1-2-12-7-10-13-14-15-16(10)9-5-3-4-8(11)6-9/h3-6,12H,2,7H2,1H3. The van der Waals surface area contributed by atoms with E-state index in [0.717, 1.165) is 18.1 Å². The van der Waals surface area contributed by atoms with Gasteiger partial charge in [-0.05, 0) is 35.2 Å². The molecule has 1 aromatic heterocycles. The van der Waals surface area contributed by atoms with Crippen molar-refractivity contribution in [3.05, 3.63) is 35.1 Å². The fraction of sp³-hybridized carbons (Fsp3) is 0.300. The minimum Gasteiger partial charge on any atom is -0.310 e. The second-order valence-corrected chi connectivity index (χ2v) is 3.70. The first-order valence-electron chi connectivity index (χ1n) is 5.05. The zero-order chi connectivity index (χ0) is 11.4. The molecular formula is C10H12ClN5. The van der Waals surface area contributed by atoms with Crippen LogP contribution in [0.4, 0.5) is 0 Å². The molecule has 84 valence electrons. The molecule has 0 saturated heterocycles. The number of aromatic nitrogens is 4. The van der Waals surface area contributed by atoms with Crippen LogP contribution in [0.5, 0.6) is 0 Å². The first kappa shape index (κ1) is 11.0. The van der Waals surface area contributed by atoms with E-state index in [9.17, 15) is 0 Å².